The Morgan fingerprint density at radius 2 is 1.79 bits per heavy atom. The van der Waals surface area contributed by atoms with Gasteiger partial charge in [-0.2, -0.15) is 0 Å². The monoisotopic (exact) mass is 337 g/mol. The number of carbonyl (C=O) groups is 1. The van der Waals surface area contributed by atoms with E-state index >= 15 is 0 Å². The van der Waals surface area contributed by atoms with Crippen molar-refractivity contribution in [3.8, 4) is 5.75 Å². The van der Waals surface area contributed by atoms with Crippen LogP contribution >= 0.6 is 11.8 Å². The van der Waals surface area contributed by atoms with Gasteiger partial charge in [0.2, 0.25) is 0 Å². The van der Waals surface area contributed by atoms with Crippen LogP contribution in [0.1, 0.15) is 17.3 Å². The first-order valence-electron chi connectivity index (χ1n) is 7.83. The van der Waals surface area contributed by atoms with Gasteiger partial charge in [-0.3, -0.25) is 4.79 Å². The maximum atomic E-state index is 12.9. The minimum absolute atomic E-state index is 0.160. The molecule has 0 saturated heterocycles. The third-order valence-electron chi connectivity index (χ3n) is 3.77. The molecule has 0 atom stereocenters. The molecule has 4 heteroatoms. The molecule has 0 aliphatic carbocycles. The number of thioether (sulfide) groups is 1. The van der Waals surface area contributed by atoms with Crippen molar-refractivity contribution in [1.29, 1.82) is 0 Å². The largest absolute Gasteiger partial charge is 0.493 e. The van der Waals surface area contributed by atoms with Gasteiger partial charge in [-0.15, -0.1) is 11.8 Å². The molecule has 0 heterocycles. The van der Waals surface area contributed by atoms with Crippen molar-refractivity contribution in [2.24, 2.45) is 0 Å². The van der Waals surface area contributed by atoms with Crippen LogP contribution in [0.15, 0.2) is 65.6 Å². The van der Waals surface area contributed by atoms with Gasteiger partial charge in [-0.1, -0.05) is 30.3 Å². The van der Waals surface area contributed by atoms with Crippen molar-refractivity contribution >= 4 is 34.1 Å². The second kappa shape index (κ2) is 7.41. The topological polar surface area (TPSA) is 38.3 Å². The van der Waals surface area contributed by atoms with Crippen molar-refractivity contribution in [1.82, 2.24) is 0 Å². The summed E-state index contributed by atoms with van der Waals surface area (Å²) in [6, 6.07) is 19.5. The fourth-order valence-corrected chi connectivity index (χ4v) is 3.04. The normalized spacial score (nSPS) is 10.6. The van der Waals surface area contributed by atoms with E-state index in [4.69, 9.17) is 4.74 Å². The number of hydrogen-bond donors (Lipinski definition) is 1. The van der Waals surface area contributed by atoms with Crippen LogP contribution < -0.4 is 10.1 Å². The number of hydrogen-bond acceptors (Lipinski definition) is 3. The summed E-state index contributed by atoms with van der Waals surface area (Å²) in [7, 11) is 0. The van der Waals surface area contributed by atoms with E-state index in [1.54, 1.807) is 11.8 Å². The first kappa shape index (κ1) is 16.4. The quantitative estimate of drug-likeness (QED) is 0.649. The predicted octanol–water partition coefficient (Wildman–Crippen LogP) is 5.21. The van der Waals surface area contributed by atoms with E-state index in [2.05, 4.69) is 5.32 Å². The standard InChI is InChI=1S/C20H19NO2S/c1-3-23-18-13-8-14-6-4-5-7-17(14)19(18)20(22)21-15-9-11-16(24-2)12-10-15/h4-13H,3H2,1-2H3,(H,21,22). The summed E-state index contributed by atoms with van der Waals surface area (Å²) in [6.45, 7) is 2.43. The lowest BCUT2D eigenvalue weighted by molar-refractivity contribution is 0.102. The molecule has 1 N–H and O–H groups in total. The molecule has 0 radical (unpaired) electrons. The van der Waals surface area contributed by atoms with E-state index in [1.807, 2.05) is 73.8 Å². The number of ether oxygens (including phenoxy) is 1. The molecule has 24 heavy (non-hydrogen) atoms. The number of carbonyl (C=O) groups excluding carboxylic acids is 1. The summed E-state index contributed by atoms with van der Waals surface area (Å²) >= 11 is 1.67. The highest BCUT2D eigenvalue weighted by Crippen LogP contribution is 2.29. The third-order valence-corrected chi connectivity index (χ3v) is 4.51. The summed E-state index contributed by atoms with van der Waals surface area (Å²) in [6.07, 6.45) is 2.03. The van der Waals surface area contributed by atoms with Gasteiger partial charge in [0.05, 0.1) is 12.2 Å². The van der Waals surface area contributed by atoms with E-state index in [0.717, 1.165) is 21.4 Å². The molecule has 0 spiro atoms. The fourth-order valence-electron chi connectivity index (χ4n) is 2.63. The van der Waals surface area contributed by atoms with Crippen LogP contribution in [0, 0.1) is 0 Å². The van der Waals surface area contributed by atoms with Gasteiger partial charge in [0.25, 0.3) is 5.91 Å². The molecule has 0 saturated carbocycles. The number of rotatable bonds is 5. The molecule has 3 aromatic carbocycles. The maximum Gasteiger partial charge on any atom is 0.260 e. The molecule has 0 bridgehead atoms. The minimum atomic E-state index is -0.160. The second-order valence-electron chi connectivity index (χ2n) is 5.28. The average Bonchev–Trinajstić information content (AvgIpc) is 2.62. The van der Waals surface area contributed by atoms with E-state index in [9.17, 15) is 4.79 Å². The van der Waals surface area contributed by atoms with Gasteiger partial charge >= 0.3 is 0 Å². The third kappa shape index (κ3) is 3.39. The van der Waals surface area contributed by atoms with E-state index in [1.165, 1.54) is 0 Å². The van der Waals surface area contributed by atoms with Crippen LogP contribution in [0.5, 0.6) is 5.75 Å². The molecule has 0 aliphatic rings. The number of amides is 1. The van der Waals surface area contributed by atoms with Crippen molar-refractivity contribution in [2.45, 2.75) is 11.8 Å². The molecule has 0 aromatic heterocycles. The van der Waals surface area contributed by atoms with E-state index in [-0.39, 0.29) is 5.91 Å². The highest BCUT2D eigenvalue weighted by molar-refractivity contribution is 7.98. The molecule has 3 rings (SSSR count). The molecule has 122 valence electrons. The Balaban J connectivity index is 1.99. The Kier molecular flexibility index (Phi) is 5.06. The highest BCUT2D eigenvalue weighted by Gasteiger charge is 2.16. The molecular weight excluding hydrogens is 318 g/mol. The van der Waals surface area contributed by atoms with Crippen LogP contribution in [0.4, 0.5) is 5.69 Å². The Morgan fingerprint density at radius 1 is 1.04 bits per heavy atom. The first-order valence-corrected chi connectivity index (χ1v) is 9.05. The van der Waals surface area contributed by atoms with Crippen LogP contribution in [0.3, 0.4) is 0 Å². The molecule has 0 unspecified atom stereocenters. The predicted molar refractivity (Wildman–Crippen MR) is 101 cm³/mol. The summed E-state index contributed by atoms with van der Waals surface area (Å²) in [5, 5.41) is 4.88. The second-order valence-corrected chi connectivity index (χ2v) is 6.16. The first-order chi connectivity index (χ1) is 11.7. The lowest BCUT2D eigenvalue weighted by atomic mass is 10.0. The summed E-state index contributed by atoms with van der Waals surface area (Å²) < 4.78 is 5.68. The molecule has 1 amide bonds. The molecule has 3 nitrogen and oxygen atoms in total. The highest BCUT2D eigenvalue weighted by atomic mass is 32.2. The Bertz CT molecular complexity index is 859. The van der Waals surface area contributed by atoms with Gasteiger partial charge in [-0.25, -0.2) is 0 Å². The Hall–Kier alpha value is -2.46. The molecular formula is C20H19NO2S. The van der Waals surface area contributed by atoms with Crippen molar-refractivity contribution in [2.75, 3.05) is 18.2 Å². The van der Waals surface area contributed by atoms with Crippen LogP contribution in [-0.4, -0.2) is 18.8 Å². The van der Waals surface area contributed by atoms with Crippen molar-refractivity contribution < 1.29 is 9.53 Å². The van der Waals surface area contributed by atoms with Gasteiger partial charge in [0.15, 0.2) is 0 Å². The van der Waals surface area contributed by atoms with E-state index < -0.39 is 0 Å². The zero-order chi connectivity index (χ0) is 16.9. The lowest BCUT2D eigenvalue weighted by Gasteiger charge is -2.13. The summed E-state index contributed by atoms with van der Waals surface area (Å²) in [5.41, 5.74) is 1.34. The molecule has 3 aromatic rings. The number of nitrogens with one attached hydrogen (secondary N) is 1. The number of fused-ring (bicyclic) bond motifs is 1. The zero-order valence-electron chi connectivity index (χ0n) is 13.7. The zero-order valence-corrected chi connectivity index (χ0v) is 14.5. The van der Waals surface area contributed by atoms with Gasteiger partial charge in [-0.05, 0) is 54.3 Å². The smallest absolute Gasteiger partial charge is 0.260 e. The van der Waals surface area contributed by atoms with Crippen LogP contribution in [-0.2, 0) is 0 Å². The maximum absolute atomic E-state index is 12.9. The van der Waals surface area contributed by atoms with Crippen molar-refractivity contribution in [3.05, 3.63) is 66.2 Å². The van der Waals surface area contributed by atoms with Gasteiger partial charge in [0.1, 0.15) is 5.75 Å². The Labute approximate surface area is 146 Å². The number of benzene rings is 3. The summed E-state index contributed by atoms with van der Waals surface area (Å²) in [5.74, 6) is 0.446. The molecule has 0 fully saturated rings. The summed E-state index contributed by atoms with van der Waals surface area (Å²) in [4.78, 5) is 14.0. The Morgan fingerprint density at radius 3 is 2.50 bits per heavy atom. The molecule has 0 aliphatic heterocycles. The number of anilines is 1. The fraction of sp³-hybridized carbons (Fsp3) is 0.150. The average molecular weight is 337 g/mol. The van der Waals surface area contributed by atoms with Crippen LogP contribution in [0.2, 0.25) is 0 Å². The lowest BCUT2D eigenvalue weighted by Crippen LogP contribution is -2.14. The van der Waals surface area contributed by atoms with Crippen molar-refractivity contribution in [3.63, 3.8) is 0 Å². The van der Waals surface area contributed by atoms with E-state index in [0.29, 0.717) is 17.9 Å². The van der Waals surface area contributed by atoms with Gasteiger partial charge in [0, 0.05) is 10.6 Å². The van der Waals surface area contributed by atoms with Crippen LogP contribution in [0.25, 0.3) is 10.8 Å². The SMILES string of the molecule is CCOc1ccc2ccccc2c1C(=O)Nc1ccc(SC)cc1. The van der Waals surface area contributed by atoms with Gasteiger partial charge < -0.3 is 10.1 Å². The minimum Gasteiger partial charge on any atom is -0.493 e.